The van der Waals surface area contributed by atoms with E-state index in [0.717, 1.165) is 11.8 Å². The molecule has 1 aromatic heterocycles. The Morgan fingerprint density at radius 3 is 2.78 bits per heavy atom. The first kappa shape index (κ1) is 15.8. The summed E-state index contributed by atoms with van der Waals surface area (Å²) in [6, 6.07) is 7.98. The second-order valence-electron chi connectivity index (χ2n) is 4.55. The molecule has 0 atom stereocenters. The highest BCUT2D eigenvalue weighted by Crippen LogP contribution is 2.30. The molecule has 116 valence electrons. The van der Waals surface area contributed by atoms with Crippen molar-refractivity contribution in [3.63, 3.8) is 0 Å². The Hall–Kier alpha value is -2.09. The maximum Gasteiger partial charge on any atom is 0.337 e. The minimum absolute atomic E-state index is 0.00320. The number of halogens is 1. The van der Waals surface area contributed by atoms with Gasteiger partial charge < -0.3 is 14.8 Å². The number of carbonyl (C=O) groups is 2. The molecule has 5 nitrogen and oxygen atoms in total. The lowest BCUT2D eigenvalue weighted by Crippen LogP contribution is -2.17. The molecule has 8 heteroatoms. The van der Waals surface area contributed by atoms with E-state index in [2.05, 4.69) is 5.32 Å². The standard InChI is InChI=1S/C15H8ClNO4S2/c16-10-3-1-7(5-9(10)14(19)20)11-4-2-8(21-11)6-12-13(18)17-15(22)23-12/h1-6H,(H,19,20)(H,17,18,22)/b12-6+. The van der Waals surface area contributed by atoms with Gasteiger partial charge in [-0.1, -0.05) is 35.6 Å². The summed E-state index contributed by atoms with van der Waals surface area (Å²) >= 11 is 11.9. The van der Waals surface area contributed by atoms with Gasteiger partial charge in [-0.25, -0.2) is 4.79 Å². The van der Waals surface area contributed by atoms with Crippen LogP contribution in [-0.2, 0) is 4.79 Å². The Labute approximate surface area is 145 Å². The number of benzene rings is 1. The van der Waals surface area contributed by atoms with Crippen molar-refractivity contribution in [2.45, 2.75) is 0 Å². The fourth-order valence-electron chi connectivity index (χ4n) is 1.98. The molecule has 1 saturated heterocycles. The van der Waals surface area contributed by atoms with Gasteiger partial charge in [0.05, 0.1) is 15.5 Å². The van der Waals surface area contributed by atoms with Gasteiger partial charge in [-0.15, -0.1) is 0 Å². The Bertz CT molecular complexity index is 872. The van der Waals surface area contributed by atoms with Gasteiger partial charge in [0.1, 0.15) is 15.8 Å². The van der Waals surface area contributed by atoms with Gasteiger partial charge in [0.2, 0.25) is 0 Å². The van der Waals surface area contributed by atoms with Crippen molar-refractivity contribution in [3.05, 3.63) is 51.6 Å². The first-order chi connectivity index (χ1) is 10.9. The molecule has 23 heavy (non-hydrogen) atoms. The Morgan fingerprint density at radius 1 is 1.35 bits per heavy atom. The number of hydrogen-bond acceptors (Lipinski definition) is 5. The van der Waals surface area contributed by atoms with E-state index in [1.807, 2.05) is 0 Å². The molecular weight excluding hydrogens is 358 g/mol. The third-order valence-corrected chi connectivity index (χ3v) is 4.52. The predicted octanol–water partition coefficient (Wildman–Crippen LogP) is 3.79. The van der Waals surface area contributed by atoms with Gasteiger partial charge in [-0.3, -0.25) is 4.79 Å². The zero-order valence-corrected chi connectivity index (χ0v) is 13.7. The molecule has 0 aliphatic carbocycles. The number of aromatic carboxylic acids is 1. The zero-order valence-electron chi connectivity index (χ0n) is 11.3. The molecule has 2 N–H and O–H groups in total. The van der Waals surface area contributed by atoms with Crippen LogP contribution in [0.1, 0.15) is 16.1 Å². The fourth-order valence-corrected chi connectivity index (χ4v) is 3.20. The molecule has 1 aromatic carbocycles. The number of thioether (sulfide) groups is 1. The number of carboxylic acid groups (broad SMARTS) is 1. The van der Waals surface area contributed by atoms with E-state index >= 15 is 0 Å². The highest BCUT2D eigenvalue weighted by atomic mass is 35.5. The smallest absolute Gasteiger partial charge is 0.337 e. The van der Waals surface area contributed by atoms with Crippen molar-refractivity contribution in [1.29, 1.82) is 0 Å². The number of amides is 1. The van der Waals surface area contributed by atoms with E-state index in [1.54, 1.807) is 24.3 Å². The van der Waals surface area contributed by atoms with Gasteiger partial charge in [0, 0.05) is 11.6 Å². The number of nitrogens with one attached hydrogen (secondary N) is 1. The largest absolute Gasteiger partial charge is 0.478 e. The van der Waals surface area contributed by atoms with E-state index in [9.17, 15) is 9.59 Å². The lowest BCUT2D eigenvalue weighted by Gasteiger charge is -2.02. The molecule has 1 amide bonds. The summed E-state index contributed by atoms with van der Waals surface area (Å²) in [7, 11) is 0. The summed E-state index contributed by atoms with van der Waals surface area (Å²) in [5.74, 6) is -0.438. The SMILES string of the molecule is O=C1NC(=S)S/C1=C/c1ccc(-c2ccc(Cl)c(C(=O)O)c2)o1. The first-order valence-corrected chi connectivity index (χ1v) is 7.92. The molecule has 0 bridgehead atoms. The number of carboxylic acids is 1. The molecule has 1 aliphatic heterocycles. The molecule has 0 unspecified atom stereocenters. The van der Waals surface area contributed by atoms with Gasteiger partial charge in [0.25, 0.3) is 5.91 Å². The third kappa shape index (κ3) is 3.31. The van der Waals surface area contributed by atoms with E-state index in [1.165, 1.54) is 12.1 Å². The fraction of sp³-hybridized carbons (Fsp3) is 0. The van der Waals surface area contributed by atoms with Crippen LogP contribution in [0.4, 0.5) is 0 Å². The Balaban J connectivity index is 1.92. The maximum atomic E-state index is 11.6. The normalized spacial score (nSPS) is 16.0. The van der Waals surface area contributed by atoms with Crippen molar-refractivity contribution in [3.8, 4) is 11.3 Å². The van der Waals surface area contributed by atoms with Crippen molar-refractivity contribution in [2.75, 3.05) is 0 Å². The van der Waals surface area contributed by atoms with Crippen LogP contribution in [0, 0.1) is 0 Å². The van der Waals surface area contributed by atoms with E-state index in [4.69, 9.17) is 33.3 Å². The summed E-state index contributed by atoms with van der Waals surface area (Å²) in [6.07, 6.45) is 1.58. The third-order valence-electron chi connectivity index (χ3n) is 3.02. The average molecular weight is 366 g/mol. The predicted molar refractivity (Wildman–Crippen MR) is 92.4 cm³/mol. The van der Waals surface area contributed by atoms with Crippen molar-refractivity contribution in [2.24, 2.45) is 0 Å². The van der Waals surface area contributed by atoms with E-state index in [0.29, 0.717) is 26.3 Å². The molecule has 1 aliphatic rings. The van der Waals surface area contributed by atoms with Crippen LogP contribution in [0.15, 0.2) is 39.7 Å². The van der Waals surface area contributed by atoms with Crippen LogP contribution in [0.2, 0.25) is 5.02 Å². The van der Waals surface area contributed by atoms with E-state index in [-0.39, 0.29) is 16.5 Å². The van der Waals surface area contributed by atoms with E-state index < -0.39 is 5.97 Å². The lowest BCUT2D eigenvalue weighted by molar-refractivity contribution is -0.115. The monoisotopic (exact) mass is 365 g/mol. The second kappa shape index (κ2) is 6.19. The number of rotatable bonds is 3. The minimum atomic E-state index is -1.11. The Kier molecular flexibility index (Phi) is 4.25. The number of furan rings is 1. The van der Waals surface area contributed by atoms with Crippen LogP contribution < -0.4 is 5.32 Å². The van der Waals surface area contributed by atoms with Crippen LogP contribution in [-0.4, -0.2) is 21.3 Å². The van der Waals surface area contributed by atoms with Crippen LogP contribution in [0.3, 0.4) is 0 Å². The number of hydrogen-bond donors (Lipinski definition) is 2. The highest BCUT2D eigenvalue weighted by Gasteiger charge is 2.22. The topological polar surface area (TPSA) is 79.5 Å². The number of thiocarbonyl (C=S) groups is 1. The molecule has 0 spiro atoms. The minimum Gasteiger partial charge on any atom is -0.478 e. The maximum absolute atomic E-state index is 11.6. The lowest BCUT2D eigenvalue weighted by atomic mass is 10.1. The molecule has 3 rings (SSSR count). The van der Waals surface area contributed by atoms with Crippen LogP contribution in [0.5, 0.6) is 0 Å². The molecular formula is C15H8ClNO4S2. The molecule has 1 fully saturated rings. The molecule has 0 saturated carbocycles. The zero-order chi connectivity index (χ0) is 16.6. The van der Waals surface area contributed by atoms with Crippen LogP contribution in [0.25, 0.3) is 17.4 Å². The van der Waals surface area contributed by atoms with Gasteiger partial charge in [0.15, 0.2) is 0 Å². The first-order valence-electron chi connectivity index (χ1n) is 6.32. The Morgan fingerprint density at radius 2 is 2.13 bits per heavy atom. The quantitative estimate of drug-likeness (QED) is 0.636. The van der Waals surface area contributed by atoms with Crippen molar-refractivity contribution >= 4 is 57.9 Å². The highest BCUT2D eigenvalue weighted by molar-refractivity contribution is 8.26. The van der Waals surface area contributed by atoms with Crippen LogP contribution >= 0.6 is 35.6 Å². The number of carbonyl (C=O) groups excluding carboxylic acids is 1. The second-order valence-corrected chi connectivity index (χ2v) is 6.68. The van der Waals surface area contributed by atoms with Gasteiger partial charge in [-0.05, 0) is 30.3 Å². The summed E-state index contributed by atoms with van der Waals surface area (Å²) in [5, 5.41) is 11.8. The summed E-state index contributed by atoms with van der Waals surface area (Å²) in [6.45, 7) is 0. The average Bonchev–Trinajstić information content (AvgIpc) is 3.06. The molecule has 2 heterocycles. The van der Waals surface area contributed by atoms with Gasteiger partial charge >= 0.3 is 5.97 Å². The molecule has 2 aromatic rings. The van der Waals surface area contributed by atoms with Crippen molar-refractivity contribution < 1.29 is 19.1 Å². The molecule has 0 radical (unpaired) electrons. The summed E-state index contributed by atoms with van der Waals surface area (Å²) in [5.41, 5.74) is 0.576. The summed E-state index contributed by atoms with van der Waals surface area (Å²) in [4.78, 5) is 23.2. The van der Waals surface area contributed by atoms with Crippen molar-refractivity contribution in [1.82, 2.24) is 5.32 Å². The summed E-state index contributed by atoms with van der Waals surface area (Å²) < 4.78 is 6.04. The van der Waals surface area contributed by atoms with Gasteiger partial charge in [-0.2, -0.15) is 0 Å².